The lowest BCUT2D eigenvalue weighted by molar-refractivity contribution is 0.430. The average Bonchev–Trinajstić information content (AvgIpc) is 2.85. The SMILES string of the molecule is CC(C)CNc1nc(-c2cccs2)no1. The molecule has 0 saturated carbocycles. The summed E-state index contributed by atoms with van der Waals surface area (Å²) in [7, 11) is 0. The largest absolute Gasteiger partial charge is 0.337 e. The van der Waals surface area contributed by atoms with E-state index < -0.39 is 0 Å². The molecule has 0 aliphatic heterocycles. The first-order chi connectivity index (χ1) is 7.25. The first kappa shape index (κ1) is 10.2. The third-order valence-corrected chi connectivity index (χ3v) is 2.69. The van der Waals surface area contributed by atoms with E-state index in [1.54, 1.807) is 11.3 Å². The molecule has 0 spiro atoms. The zero-order valence-corrected chi connectivity index (χ0v) is 9.54. The zero-order chi connectivity index (χ0) is 10.7. The Bertz CT molecular complexity index is 408. The predicted molar refractivity (Wildman–Crippen MR) is 60.9 cm³/mol. The van der Waals surface area contributed by atoms with Crippen LogP contribution in [0.4, 0.5) is 6.01 Å². The monoisotopic (exact) mass is 223 g/mol. The summed E-state index contributed by atoms with van der Waals surface area (Å²) in [6, 6.07) is 4.44. The van der Waals surface area contributed by atoms with E-state index in [-0.39, 0.29) is 0 Å². The van der Waals surface area contributed by atoms with Crippen molar-refractivity contribution in [3.05, 3.63) is 17.5 Å². The summed E-state index contributed by atoms with van der Waals surface area (Å²) in [4.78, 5) is 5.27. The fraction of sp³-hybridized carbons (Fsp3) is 0.400. The summed E-state index contributed by atoms with van der Waals surface area (Å²) in [6.07, 6.45) is 0. The minimum Gasteiger partial charge on any atom is -0.337 e. The Kier molecular flexibility index (Phi) is 3.01. The summed E-state index contributed by atoms with van der Waals surface area (Å²) < 4.78 is 5.07. The lowest BCUT2D eigenvalue weighted by atomic mass is 10.2. The molecular weight excluding hydrogens is 210 g/mol. The molecule has 0 amide bonds. The van der Waals surface area contributed by atoms with E-state index in [0.717, 1.165) is 11.4 Å². The predicted octanol–water partition coefficient (Wildman–Crippen LogP) is 2.87. The highest BCUT2D eigenvalue weighted by atomic mass is 32.1. The first-order valence-electron chi connectivity index (χ1n) is 4.87. The first-order valence-corrected chi connectivity index (χ1v) is 5.75. The molecule has 1 N–H and O–H groups in total. The molecule has 5 heteroatoms. The van der Waals surface area contributed by atoms with Gasteiger partial charge in [-0.05, 0) is 17.4 Å². The van der Waals surface area contributed by atoms with Gasteiger partial charge in [0.25, 0.3) is 0 Å². The highest BCUT2D eigenvalue weighted by Gasteiger charge is 2.08. The van der Waals surface area contributed by atoms with E-state index in [1.807, 2.05) is 17.5 Å². The van der Waals surface area contributed by atoms with Crippen LogP contribution in [0.2, 0.25) is 0 Å². The highest BCUT2D eigenvalue weighted by molar-refractivity contribution is 7.13. The van der Waals surface area contributed by atoms with E-state index in [2.05, 4.69) is 29.3 Å². The summed E-state index contributed by atoms with van der Waals surface area (Å²) >= 11 is 1.60. The van der Waals surface area contributed by atoms with Gasteiger partial charge in [0.15, 0.2) is 0 Å². The Balaban J connectivity index is 2.04. The van der Waals surface area contributed by atoms with Crippen molar-refractivity contribution in [2.24, 2.45) is 5.92 Å². The summed E-state index contributed by atoms with van der Waals surface area (Å²) in [5.41, 5.74) is 0. The lowest BCUT2D eigenvalue weighted by Crippen LogP contribution is -2.07. The number of aromatic nitrogens is 2. The van der Waals surface area contributed by atoms with Gasteiger partial charge in [-0.2, -0.15) is 4.98 Å². The van der Waals surface area contributed by atoms with Crippen molar-refractivity contribution in [3.8, 4) is 10.7 Å². The van der Waals surface area contributed by atoms with E-state index in [0.29, 0.717) is 17.8 Å². The van der Waals surface area contributed by atoms with Crippen molar-refractivity contribution in [2.45, 2.75) is 13.8 Å². The van der Waals surface area contributed by atoms with Gasteiger partial charge in [0.05, 0.1) is 4.88 Å². The van der Waals surface area contributed by atoms with E-state index in [4.69, 9.17) is 4.52 Å². The molecule has 2 aromatic rings. The molecule has 0 aromatic carbocycles. The molecule has 2 aromatic heterocycles. The van der Waals surface area contributed by atoms with E-state index in [1.165, 1.54) is 0 Å². The molecule has 2 rings (SSSR count). The van der Waals surface area contributed by atoms with Gasteiger partial charge in [-0.25, -0.2) is 0 Å². The van der Waals surface area contributed by atoms with Crippen LogP contribution in [0.15, 0.2) is 22.0 Å². The minimum atomic E-state index is 0.493. The molecule has 0 aliphatic carbocycles. The van der Waals surface area contributed by atoms with Crippen LogP contribution in [-0.4, -0.2) is 16.7 Å². The summed E-state index contributed by atoms with van der Waals surface area (Å²) in [5.74, 6) is 1.21. The van der Waals surface area contributed by atoms with Crippen molar-refractivity contribution in [1.82, 2.24) is 10.1 Å². The normalized spacial score (nSPS) is 10.9. The maximum absolute atomic E-state index is 5.07. The van der Waals surface area contributed by atoms with Crippen molar-refractivity contribution in [2.75, 3.05) is 11.9 Å². The number of nitrogens with zero attached hydrogens (tertiary/aromatic N) is 2. The van der Waals surface area contributed by atoms with Crippen LogP contribution in [-0.2, 0) is 0 Å². The van der Waals surface area contributed by atoms with E-state index in [9.17, 15) is 0 Å². The Hall–Kier alpha value is -1.36. The van der Waals surface area contributed by atoms with Crippen molar-refractivity contribution >= 4 is 17.4 Å². The third-order valence-electron chi connectivity index (χ3n) is 1.83. The average molecular weight is 223 g/mol. The van der Waals surface area contributed by atoms with Crippen LogP contribution in [0.3, 0.4) is 0 Å². The molecule has 0 saturated heterocycles. The van der Waals surface area contributed by atoms with Gasteiger partial charge in [-0.15, -0.1) is 11.3 Å². The Morgan fingerprint density at radius 1 is 1.53 bits per heavy atom. The number of rotatable bonds is 4. The molecule has 2 heterocycles. The Labute approximate surface area is 92.3 Å². The van der Waals surface area contributed by atoms with Gasteiger partial charge in [0.1, 0.15) is 0 Å². The van der Waals surface area contributed by atoms with Gasteiger partial charge in [0.2, 0.25) is 5.82 Å². The maximum Gasteiger partial charge on any atom is 0.321 e. The van der Waals surface area contributed by atoms with Gasteiger partial charge >= 0.3 is 6.01 Å². The molecule has 0 aliphatic rings. The minimum absolute atomic E-state index is 0.493. The standard InChI is InChI=1S/C10H13N3OS/c1-7(2)6-11-10-12-9(13-14-10)8-4-3-5-15-8/h3-5,7H,6H2,1-2H3,(H,11,12,13). The third kappa shape index (κ3) is 2.56. The quantitative estimate of drug-likeness (QED) is 0.866. The number of thiophene rings is 1. The molecule has 0 atom stereocenters. The van der Waals surface area contributed by atoms with Gasteiger partial charge in [-0.1, -0.05) is 25.1 Å². The van der Waals surface area contributed by atoms with Crippen LogP contribution in [0.1, 0.15) is 13.8 Å². The lowest BCUT2D eigenvalue weighted by Gasteiger charge is -2.02. The Morgan fingerprint density at radius 3 is 3.07 bits per heavy atom. The zero-order valence-electron chi connectivity index (χ0n) is 8.73. The van der Waals surface area contributed by atoms with Crippen LogP contribution < -0.4 is 5.32 Å². The smallest absolute Gasteiger partial charge is 0.321 e. The molecule has 0 radical (unpaired) electrons. The second-order valence-corrected chi connectivity index (χ2v) is 4.62. The fourth-order valence-corrected chi connectivity index (χ4v) is 1.74. The fourth-order valence-electron chi connectivity index (χ4n) is 1.09. The van der Waals surface area contributed by atoms with Gasteiger partial charge < -0.3 is 9.84 Å². The molecule has 15 heavy (non-hydrogen) atoms. The summed E-state index contributed by atoms with van der Waals surface area (Å²) in [5, 5.41) is 8.98. The number of hydrogen-bond acceptors (Lipinski definition) is 5. The summed E-state index contributed by atoms with van der Waals surface area (Å²) in [6.45, 7) is 5.10. The van der Waals surface area contributed by atoms with E-state index >= 15 is 0 Å². The second-order valence-electron chi connectivity index (χ2n) is 3.68. The van der Waals surface area contributed by atoms with Crippen molar-refractivity contribution in [3.63, 3.8) is 0 Å². The molecule has 0 bridgehead atoms. The Morgan fingerprint density at radius 2 is 2.40 bits per heavy atom. The molecule has 0 fully saturated rings. The molecular formula is C10H13N3OS. The van der Waals surface area contributed by atoms with Crippen LogP contribution >= 0.6 is 11.3 Å². The molecule has 80 valence electrons. The van der Waals surface area contributed by atoms with Crippen molar-refractivity contribution in [1.29, 1.82) is 0 Å². The topological polar surface area (TPSA) is 51.0 Å². The van der Waals surface area contributed by atoms with Gasteiger partial charge in [-0.3, -0.25) is 0 Å². The van der Waals surface area contributed by atoms with Crippen LogP contribution in [0.25, 0.3) is 10.7 Å². The van der Waals surface area contributed by atoms with Crippen molar-refractivity contribution < 1.29 is 4.52 Å². The number of nitrogens with one attached hydrogen (secondary N) is 1. The van der Waals surface area contributed by atoms with Crippen LogP contribution in [0, 0.1) is 5.92 Å². The van der Waals surface area contributed by atoms with Crippen LogP contribution in [0.5, 0.6) is 0 Å². The number of anilines is 1. The second kappa shape index (κ2) is 4.44. The highest BCUT2D eigenvalue weighted by Crippen LogP contribution is 2.22. The molecule has 4 nitrogen and oxygen atoms in total. The van der Waals surface area contributed by atoms with Gasteiger partial charge in [0, 0.05) is 6.54 Å². The molecule has 0 unspecified atom stereocenters. The maximum atomic E-state index is 5.07. The number of hydrogen-bond donors (Lipinski definition) is 1.